The Bertz CT molecular complexity index is 710. The zero-order chi connectivity index (χ0) is 21.6. The van der Waals surface area contributed by atoms with E-state index in [2.05, 4.69) is 10.2 Å². The van der Waals surface area contributed by atoms with Crippen molar-refractivity contribution < 1.29 is 19.4 Å². The highest BCUT2D eigenvalue weighted by Crippen LogP contribution is 2.31. The summed E-state index contributed by atoms with van der Waals surface area (Å²) >= 11 is 5.91. The summed E-state index contributed by atoms with van der Waals surface area (Å²) in [6, 6.07) is 7.75. The molecule has 3 aliphatic rings. The standard InChI is InChI=1S/C24H35ClN2O4/c25-19-7-5-17(6-8-19)12-26-24(29)11-21-9-10-22-23(31-21)16-30-15-20(28)14-27(22)13-18-3-1-2-4-18/h5-8,18,20-23,28H,1-4,9-16H2,(H,26,29)/t20-,21+,22-,23+/m0/s1. The number of benzene rings is 1. The predicted molar refractivity (Wildman–Crippen MR) is 120 cm³/mol. The zero-order valence-corrected chi connectivity index (χ0v) is 18.9. The van der Waals surface area contributed by atoms with E-state index in [-0.39, 0.29) is 24.2 Å². The molecule has 1 saturated carbocycles. The Morgan fingerprint density at radius 2 is 1.90 bits per heavy atom. The van der Waals surface area contributed by atoms with Crippen LogP contribution in [0.25, 0.3) is 0 Å². The number of aliphatic hydroxyl groups is 1. The van der Waals surface area contributed by atoms with E-state index in [1.165, 1.54) is 25.7 Å². The molecule has 4 atom stereocenters. The van der Waals surface area contributed by atoms with Crippen molar-refractivity contribution in [2.75, 3.05) is 26.3 Å². The van der Waals surface area contributed by atoms with Gasteiger partial charge in [0.25, 0.3) is 0 Å². The van der Waals surface area contributed by atoms with Crippen LogP contribution in [0.4, 0.5) is 0 Å². The van der Waals surface area contributed by atoms with Crippen LogP contribution in [-0.2, 0) is 20.8 Å². The van der Waals surface area contributed by atoms with Crippen LogP contribution in [0, 0.1) is 5.92 Å². The molecule has 3 fully saturated rings. The van der Waals surface area contributed by atoms with Gasteiger partial charge in [0.15, 0.2) is 0 Å². The van der Waals surface area contributed by atoms with Gasteiger partial charge in [0, 0.05) is 30.7 Å². The van der Waals surface area contributed by atoms with Crippen LogP contribution in [0.5, 0.6) is 0 Å². The van der Waals surface area contributed by atoms with Gasteiger partial charge in [0.1, 0.15) is 0 Å². The molecule has 2 N–H and O–H groups in total. The van der Waals surface area contributed by atoms with Crippen LogP contribution in [0.2, 0.25) is 5.02 Å². The average Bonchev–Trinajstić information content (AvgIpc) is 3.25. The quantitative estimate of drug-likeness (QED) is 0.696. The lowest BCUT2D eigenvalue weighted by molar-refractivity contribution is -0.158. The highest BCUT2D eigenvalue weighted by molar-refractivity contribution is 6.30. The third-order valence-electron chi connectivity index (χ3n) is 6.87. The number of β-amino-alcohol motifs (C(OH)–C–C–N with tert-alkyl or cyclic N) is 1. The van der Waals surface area contributed by atoms with E-state index in [0.29, 0.717) is 37.7 Å². The molecule has 0 bridgehead atoms. The van der Waals surface area contributed by atoms with Crippen molar-refractivity contribution in [3.05, 3.63) is 34.9 Å². The van der Waals surface area contributed by atoms with Crippen LogP contribution in [0.1, 0.15) is 50.5 Å². The van der Waals surface area contributed by atoms with Crippen molar-refractivity contribution in [3.8, 4) is 0 Å². The number of nitrogens with one attached hydrogen (secondary N) is 1. The van der Waals surface area contributed by atoms with E-state index < -0.39 is 6.10 Å². The second kappa shape index (κ2) is 11.1. The maximum Gasteiger partial charge on any atom is 0.222 e. The summed E-state index contributed by atoms with van der Waals surface area (Å²) in [5.74, 6) is 0.730. The van der Waals surface area contributed by atoms with E-state index in [0.717, 1.165) is 30.9 Å². The van der Waals surface area contributed by atoms with Crippen LogP contribution in [0.15, 0.2) is 24.3 Å². The number of halogens is 1. The molecule has 0 aromatic heterocycles. The molecule has 0 unspecified atom stereocenters. The molecule has 7 heteroatoms. The first-order chi connectivity index (χ1) is 15.1. The minimum atomic E-state index is -0.446. The topological polar surface area (TPSA) is 71.0 Å². The number of hydrogen-bond acceptors (Lipinski definition) is 5. The van der Waals surface area contributed by atoms with Gasteiger partial charge in [-0.25, -0.2) is 0 Å². The van der Waals surface area contributed by atoms with Gasteiger partial charge in [-0.05, 0) is 49.3 Å². The van der Waals surface area contributed by atoms with E-state index in [9.17, 15) is 9.90 Å². The molecule has 172 valence electrons. The average molecular weight is 451 g/mol. The van der Waals surface area contributed by atoms with Gasteiger partial charge in [-0.1, -0.05) is 36.6 Å². The second-order valence-electron chi connectivity index (χ2n) is 9.34. The van der Waals surface area contributed by atoms with Crippen LogP contribution >= 0.6 is 11.6 Å². The van der Waals surface area contributed by atoms with Gasteiger partial charge < -0.3 is 19.9 Å². The van der Waals surface area contributed by atoms with Crippen molar-refractivity contribution in [2.24, 2.45) is 5.92 Å². The molecule has 0 radical (unpaired) electrons. The number of aliphatic hydroxyl groups excluding tert-OH is 1. The molecule has 2 heterocycles. The molecule has 1 amide bonds. The lowest BCUT2D eigenvalue weighted by atomic mass is 9.93. The highest BCUT2D eigenvalue weighted by Gasteiger charge is 2.38. The van der Waals surface area contributed by atoms with Gasteiger partial charge in [-0.3, -0.25) is 9.69 Å². The Kier molecular flexibility index (Phi) is 8.24. The van der Waals surface area contributed by atoms with E-state index >= 15 is 0 Å². The first kappa shape index (κ1) is 23.0. The normalized spacial score (nSPS) is 30.4. The fourth-order valence-corrected chi connectivity index (χ4v) is 5.39. The highest BCUT2D eigenvalue weighted by atomic mass is 35.5. The van der Waals surface area contributed by atoms with Crippen molar-refractivity contribution in [1.82, 2.24) is 10.2 Å². The Labute approximate surface area is 190 Å². The molecular weight excluding hydrogens is 416 g/mol. The summed E-state index contributed by atoms with van der Waals surface area (Å²) in [7, 11) is 0. The number of fused-ring (bicyclic) bond motifs is 1. The number of carbonyl (C=O) groups excluding carboxylic acids is 1. The number of rotatable bonds is 6. The molecule has 31 heavy (non-hydrogen) atoms. The monoisotopic (exact) mass is 450 g/mol. The van der Waals surface area contributed by atoms with E-state index in [4.69, 9.17) is 21.1 Å². The minimum absolute atomic E-state index is 0.00314. The molecule has 6 nitrogen and oxygen atoms in total. The summed E-state index contributed by atoms with van der Waals surface area (Å²) in [6.45, 7) is 3.00. The third kappa shape index (κ3) is 6.65. The third-order valence-corrected chi connectivity index (χ3v) is 7.12. The maximum atomic E-state index is 12.5. The molecule has 2 saturated heterocycles. The van der Waals surface area contributed by atoms with Crippen molar-refractivity contribution in [3.63, 3.8) is 0 Å². The Hall–Kier alpha value is -1.18. The lowest BCUT2D eigenvalue weighted by Gasteiger charge is -2.45. The van der Waals surface area contributed by atoms with Gasteiger partial charge in [0.2, 0.25) is 5.91 Å². The Morgan fingerprint density at radius 3 is 2.68 bits per heavy atom. The van der Waals surface area contributed by atoms with Gasteiger partial charge in [-0.15, -0.1) is 0 Å². The molecule has 4 rings (SSSR count). The first-order valence-electron chi connectivity index (χ1n) is 11.7. The van der Waals surface area contributed by atoms with Crippen molar-refractivity contribution >= 4 is 17.5 Å². The fourth-order valence-electron chi connectivity index (χ4n) is 5.26. The molecule has 1 aromatic carbocycles. The number of hydrogen-bond donors (Lipinski definition) is 2. The molecule has 0 spiro atoms. The number of nitrogens with zero attached hydrogens (tertiary/aromatic N) is 1. The Morgan fingerprint density at radius 1 is 1.13 bits per heavy atom. The first-order valence-corrected chi connectivity index (χ1v) is 12.1. The van der Waals surface area contributed by atoms with Gasteiger partial charge in [0.05, 0.1) is 37.9 Å². The smallest absolute Gasteiger partial charge is 0.222 e. The summed E-state index contributed by atoms with van der Waals surface area (Å²) in [4.78, 5) is 14.9. The number of amides is 1. The predicted octanol–water partition coefficient (Wildman–Crippen LogP) is 3.15. The second-order valence-corrected chi connectivity index (χ2v) is 9.78. The summed E-state index contributed by atoms with van der Waals surface area (Å²) in [5, 5.41) is 14.0. The van der Waals surface area contributed by atoms with E-state index in [1.807, 2.05) is 24.3 Å². The molecule has 2 aliphatic heterocycles. The minimum Gasteiger partial charge on any atom is -0.389 e. The lowest BCUT2D eigenvalue weighted by Crippen LogP contribution is -2.56. The molecule has 1 aliphatic carbocycles. The summed E-state index contributed by atoms with van der Waals surface area (Å²) in [6.07, 6.45) is 6.83. The van der Waals surface area contributed by atoms with Crippen molar-refractivity contribution in [1.29, 1.82) is 0 Å². The van der Waals surface area contributed by atoms with Gasteiger partial charge in [-0.2, -0.15) is 0 Å². The van der Waals surface area contributed by atoms with Crippen LogP contribution in [-0.4, -0.2) is 66.6 Å². The van der Waals surface area contributed by atoms with Gasteiger partial charge >= 0.3 is 0 Å². The number of carbonyl (C=O) groups is 1. The van der Waals surface area contributed by atoms with E-state index in [1.54, 1.807) is 0 Å². The zero-order valence-electron chi connectivity index (χ0n) is 18.2. The SMILES string of the molecule is O=C(C[C@H]1CC[C@H]2[C@@H](COC[C@@H](O)CN2CC2CCCC2)O1)NCc1ccc(Cl)cc1. The largest absolute Gasteiger partial charge is 0.389 e. The number of ether oxygens (including phenoxy) is 2. The van der Waals surface area contributed by atoms with Crippen LogP contribution < -0.4 is 5.32 Å². The maximum absolute atomic E-state index is 12.5. The summed E-state index contributed by atoms with van der Waals surface area (Å²) in [5.41, 5.74) is 1.02. The van der Waals surface area contributed by atoms with Crippen molar-refractivity contribution in [2.45, 2.75) is 75.8 Å². The molecule has 1 aromatic rings. The van der Waals surface area contributed by atoms with Crippen LogP contribution in [0.3, 0.4) is 0 Å². The molecular formula is C24H35ClN2O4. The summed E-state index contributed by atoms with van der Waals surface area (Å²) < 4.78 is 12.1. The Balaban J connectivity index is 1.29. The fraction of sp³-hybridized carbons (Fsp3) is 0.708.